The van der Waals surface area contributed by atoms with E-state index in [9.17, 15) is 13.5 Å². The second kappa shape index (κ2) is 5.94. The van der Waals surface area contributed by atoms with Crippen LogP contribution in [0.5, 0.6) is 5.75 Å². The van der Waals surface area contributed by atoms with Gasteiger partial charge in [0.1, 0.15) is 5.75 Å². The number of benzene rings is 2. The molecule has 0 fully saturated rings. The fourth-order valence-corrected chi connectivity index (χ4v) is 2.29. The molecule has 0 aliphatic rings. The molecule has 0 heterocycles. The number of nitrogens with two attached hydrogens (primary N) is 1. The van der Waals surface area contributed by atoms with Gasteiger partial charge in [0, 0.05) is 12.2 Å². The lowest BCUT2D eigenvalue weighted by atomic mass is 10.1. The summed E-state index contributed by atoms with van der Waals surface area (Å²) >= 11 is 0. The van der Waals surface area contributed by atoms with E-state index in [0.717, 1.165) is 17.7 Å². The topological polar surface area (TPSA) is 92.4 Å². The zero-order valence-electron chi connectivity index (χ0n) is 10.8. The van der Waals surface area contributed by atoms with Crippen LogP contribution in [-0.4, -0.2) is 20.1 Å². The molecular formula is C14H16N2O3S. The van der Waals surface area contributed by atoms with E-state index in [0.29, 0.717) is 6.54 Å². The lowest BCUT2D eigenvalue weighted by Crippen LogP contribution is -2.12. The lowest BCUT2D eigenvalue weighted by molar-refractivity contribution is 0.475. The molecule has 0 spiro atoms. The number of phenolic OH excluding ortho intramolecular Hbond substituents is 1. The first kappa shape index (κ1) is 14.4. The third-order valence-corrected chi connectivity index (χ3v) is 3.79. The van der Waals surface area contributed by atoms with Gasteiger partial charge in [0.05, 0.1) is 4.90 Å². The van der Waals surface area contributed by atoms with Crippen molar-refractivity contribution in [3.63, 3.8) is 0 Å². The number of sulfonamides is 1. The van der Waals surface area contributed by atoms with Gasteiger partial charge in [0.2, 0.25) is 10.0 Å². The summed E-state index contributed by atoms with van der Waals surface area (Å²) in [7, 11) is -3.64. The molecule has 6 heteroatoms. The second-order valence-electron chi connectivity index (χ2n) is 4.41. The summed E-state index contributed by atoms with van der Waals surface area (Å²) in [5.74, 6) is 0.250. The first-order chi connectivity index (χ1) is 9.45. The number of phenols is 1. The highest BCUT2D eigenvalue weighted by Gasteiger charge is 2.06. The van der Waals surface area contributed by atoms with Crippen LogP contribution in [0.3, 0.4) is 0 Å². The van der Waals surface area contributed by atoms with Crippen LogP contribution >= 0.6 is 0 Å². The molecule has 2 rings (SSSR count). The van der Waals surface area contributed by atoms with Gasteiger partial charge in [-0.1, -0.05) is 12.1 Å². The Labute approximate surface area is 118 Å². The number of nitrogens with one attached hydrogen (secondary N) is 1. The van der Waals surface area contributed by atoms with Crippen molar-refractivity contribution >= 4 is 15.7 Å². The Bertz CT molecular complexity index is 665. The van der Waals surface area contributed by atoms with Crippen molar-refractivity contribution in [2.45, 2.75) is 11.3 Å². The summed E-state index contributed by atoms with van der Waals surface area (Å²) in [5.41, 5.74) is 1.94. The number of aromatic hydroxyl groups is 1. The Morgan fingerprint density at radius 1 is 1.00 bits per heavy atom. The molecule has 4 N–H and O–H groups in total. The normalized spacial score (nSPS) is 11.2. The van der Waals surface area contributed by atoms with Crippen LogP contribution < -0.4 is 10.5 Å². The van der Waals surface area contributed by atoms with Crippen LogP contribution in [0.15, 0.2) is 53.4 Å². The van der Waals surface area contributed by atoms with Gasteiger partial charge in [0.15, 0.2) is 0 Å². The van der Waals surface area contributed by atoms with Crippen molar-refractivity contribution in [1.29, 1.82) is 0 Å². The van der Waals surface area contributed by atoms with Gasteiger partial charge in [0.25, 0.3) is 0 Å². The standard InChI is InChI=1S/C14H16N2O3S/c15-20(18,19)14-7-3-12(4-8-14)16-10-9-11-1-5-13(17)6-2-11/h1-8,16-17H,9-10H2,(H2,15,18,19). The summed E-state index contributed by atoms with van der Waals surface area (Å²) < 4.78 is 22.2. The smallest absolute Gasteiger partial charge is 0.238 e. The van der Waals surface area contributed by atoms with Gasteiger partial charge in [-0.2, -0.15) is 0 Å². The molecule has 2 aromatic carbocycles. The van der Waals surface area contributed by atoms with E-state index in [-0.39, 0.29) is 10.6 Å². The quantitative estimate of drug-likeness (QED) is 0.782. The zero-order valence-corrected chi connectivity index (χ0v) is 11.6. The van der Waals surface area contributed by atoms with Gasteiger partial charge in [-0.15, -0.1) is 0 Å². The highest BCUT2D eigenvalue weighted by Crippen LogP contribution is 2.13. The molecule has 0 radical (unpaired) electrons. The van der Waals surface area contributed by atoms with Crippen LogP contribution in [0.4, 0.5) is 5.69 Å². The van der Waals surface area contributed by atoms with Crippen LogP contribution in [0, 0.1) is 0 Å². The van der Waals surface area contributed by atoms with Crippen molar-refractivity contribution in [2.75, 3.05) is 11.9 Å². The van der Waals surface area contributed by atoms with Gasteiger partial charge < -0.3 is 10.4 Å². The largest absolute Gasteiger partial charge is 0.508 e. The number of rotatable bonds is 5. The van der Waals surface area contributed by atoms with E-state index < -0.39 is 10.0 Å². The average molecular weight is 292 g/mol. The summed E-state index contributed by atoms with van der Waals surface area (Å²) in [6.07, 6.45) is 0.803. The van der Waals surface area contributed by atoms with Crippen molar-refractivity contribution < 1.29 is 13.5 Å². The Hall–Kier alpha value is -2.05. The number of primary sulfonamides is 1. The molecule has 5 nitrogen and oxygen atoms in total. The molecule has 2 aromatic rings. The van der Waals surface area contributed by atoms with Gasteiger partial charge in [-0.05, 0) is 48.4 Å². The fourth-order valence-electron chi connectivity index (χ4n) is 1.78. The minimum atomic E-state index is -3.64. The third-order valence-electron chi connectivity index (χ3n) is 2.86. The van der Waals surface area contributed by atoms with Gasteiger partial charge >= 0.3 is 0 Å². The molecule has 0 aliphatic heterocycles. The minimum absolute atomic E-state index is 0.0987. The molecule has 0 amide bonds. The number of hydrogen-bond donors (Lipinski definition) is 3. The second-order valence-corrected chi connectivity index (χ2v) is 5.97. The maximum Gasteiger partial charge on any atom is 0.238 e. The highest BCUT2D eigenvalue weighted by molar-refractivity contribution is 7.89. The first-order valence-corrected chi connectivity index (χ1v) is 7.64. The molecule has 0 saturated carbocycles. The molecule has 0 atom stereocenters. The van der Waals surface area contributed by atoms with Crippen molar-refractivity contribution in [1.82, 2.24) is 0 Å². The van der Waals surface area contributed by atoms with Crippen LogP contribution in [0.1, 0.15) is 5.56 Å². The Morgan fingerprint density at radius 3 is 2.15 bits per heavy atom. The van der Waals surface area contributed by atoms with Crippen molar-refractivity contribution in [2.24, 2.45) is 5.14 Å². The molecule has 0 aromatic heterocycles. The third kappa shape index (κ3) is 3.97. The zero-order chi connectivity index (χ0) is 14.6. The van der Waals surface area contributed by atoms with Crippen LogP contribution in [-0.2, 0) is 16.4 Å². The van der Waals surface area contributed by atoms with Crippen LogP contribution in [0.25, 0.3) is 0 Å². The lowest BCUT2D eigenvalue weighted by Gasteiger charge is -2.07. The minimum Gasteiger partial charge on any atom is -0.508 e. The Morgan fingerprint density at radius 2 is 1.60 bits per heavy atom. The highest BCUT2D eigenvalue weighted by atomic mass is 32.2. The maximum absolute atomic E-state index is 11.1. The van der Waals surface area contributed by atoms with E-state index in [4.69, 9.17) is 5.14 Å². The molecular weight excluding hydrogens is 276 g/mol. The summed E-state index contributed by atoms with van der Waals surface area (Å²) in [5, 5.41) is 17.4. The number of anilines is 1. The van der Waals surface area contributed by atoms with Crippen LogP contribution in [0.2, 0.25) is 0 Å². The molecule has 0 aliphatic carbocycles. The summed E-state index contributed by atoms with van der Waals surface area (Å²) in [6.45, 7) is 0.708. The molecule has 0 saturated heterocycles. The number of hydrogen-bond acceptors (Lipinski definition) is 4. The monoisotopic (exact) mass is 292 g/mol. The fraction of sp³-hybridized carbons (Fsp3) is 0.143. The molecule has 20 heavy (non-hydrogen) atoms. The van der Waals surface area contributed by atoms with Gasteiger partial charge in [-0.25, -0.2) is 13.6 Å². The van der Waals surface area contributed by atoms with Gasteiger partial charge in [-0.3, -0.25) is 0 Å². The Balaban J connectivity index is 1.90. The van der Waals surface area contributed by atoms with E-state index in [1.165, 1.54) is 12.1 Å². The van der Waals surface area contributed by atoms with Crippen molar-refractivity contribution in [3.05, 3.63) is 54.1 Å². The first-order valence-electron chi connectivity index (χ1n) is 6.10. The molecule has 0 unspecified atom stereocenters. The molecule has 106 valence electrons. The maximum atomic E-state index is 11.1. The van der Waals surface area contributed by atoms with E-state index in [1.54, 1.807) is 24.3 Å². The SMILES string of the molecule is NS(=O)(=O)c1ccc(NCCc2ccc(O)cc2)cc1. The summed E-state index contributed by atoms with van der Waals surface area (Å²) in [4.78, 5) is 0.0987. The average Bonchev–Trinajstić information content (AvgIpc) is 2.41. The summed E-state index contributed by atoms with van der Waals surface area (Å²) in [6, 6.07) is 13.3. The van der Waals surface area contributed by atoms with E-state index in [2.05, 4.69) is 5.32 Å². The van der Waals surface area contributed by atoms with E-state index in [1.807, 2.05) is 12.1 Å². The van der Waals surface area contributed by atoms with E-state index >= 15 is 0 Å². The molecule has 0 bridgehead atoms. The predicted octanol–water partition coefficient (Wildman–Crippen LogP) is 1.69. The predicted molar refractivity (Wildman–Crippen MR) is 78.1 cm³/mol. The Kier molecular flexibility index (Phi) is 4.26. The van der Waals surface area contributed by atoms with Crippen molar-refractivity contribution in [3.8, 4) is 5.75 Å².